The van der Waals surface area contributed by atoms with E-state index in [1.54, 1.807) is 4.90 Å². The van der Waals surface area contributed by atoms with E-state index in [1.807, 2.05) is 0 Å². The van der Waals surface area contributed by atoms with Crippen LogP contribution in [0.3, 0.4) is 0 Å². The fourth-order valence-corrected chi connectivity index (χ4v) is 2.11. The van der Waals surface area contributed by atoms with Crippen molar-refractivity contribution in [3.63, 3.8) is 0 Å². The Kier molecular flexibility index (Phi) is 4.46. The first-order chi connectivity index (χ1) is 9.45. The van der Waals surface area contributed by atoms with E-state index in [0.717, 1.165) is 25.7 Å². The molecule has 2 fully saturated rings. The summed E-state index contributed by atoms with van der Waals surface area (Å²) in [7, 11) is 0. The molecule has 0 bridgehead atoms. The number of nitrogens with two attached hydrogens (primary N) is 1. The van der Waals surface area contributed by atoms with E-state index in [4.69, 9.17) is 10.8 Å². The van der Waals surface area contributed by atoms with Crippen molar-refractivity contribution in [1.29, 1.82) is 0 Å². The SMILES string of the molecule is NC(=O)C[C@@H](NC(=O)N(CC1CC1)CC1CC1)C(=O)O. The summed E-state index contributed by atoms with van der Waals surface area (Å²) in [4.78, 5) is 35.7. The van der Waals surface area contributed by atoms with Crippen molar-refractivity contribution in [2.75, 3.05) is 13.1 Å². The maximum atomic E-state index is 12.2. The summed E-state index contributed by atoms with van der Waals surface area (Å²) in [6.07, 6.45) is 4.11. The maximum Gasteiger partial charge on any atom is 0.326 e. The maximum absolute atomic E-state index is 12.2. The van der Waals surface area contributed by atoms with Gasteiger partial charge in [0.1, 0.15) is 6.04 Å². The van der Waals surface area contributed by atoms with Gasteiger partial charge in [-0.2, -0.15) is 0 Å². The molecule has 0 aliphatic heterocycles. The number of nitrogens with zero attached hydrogens (tertiary/aromatic N) is 1. The molecule has 0 radical (unpaired) electrons. The minimum atomic E-state index is -1.25. The number of urea groups is 1. The van der Waals surface area contributed by atoms with E-state index in [2.05, 4.69) is 5.32 Å². The van der Waals surface area contributed by atoms with Crippen LogP contribution in [0, 0.1) is 11.8 Å². The molecular weight excluding hydrogens is 262 g/mol. The van der Waals surface area contributed by atoms with Gasteiger partial charge in [-0.25, -0.2) is 9.59 Å². The number of primary amides is 1. The molecule has 0 aromatic carbocycles. The molecule has 0 unspecified atom stereocenters. The van der Waals surface area contributed by atoms with Crippen molar-refractivity contribution < 1.29 is 19.5 Å². The molecule has 2 aliphatic rings. The molecule has 2 aliphatic carbocycles. The Morgan fingerprint density at radius 3 is 2.00 bits per heavy atom. The van der Waals surface area contributed by atoms with Gasteiger partial charge in [0.15, 0.2) is 0 Å². The monoisotopic (exact) mass is 283 g/mol. The molecule has 2 saturated carbocycles. The van der Waals surface area contributed by atoms with Gasteiger partial charge in [0.2, 0.25) is 5.91 Å². The van der Waals surface area contributed by atoms with Crippen molar-refractivity contribution in [2.24, 2.45) is 17.6 Å². The molecule has 0 aromatic heterocycles. The zero-order valence-corrected chi connectivity index (χ0v) is 11.4. The van der Waals surface area contributed by atoms with E-state index in [-0.39, 0.29) is 6.42 Å². The van der Waals surface area contributed by atoms with Gasteiger partial charge in [-0.15, -0.1) is 0 Å². The first-order valence-electron chi connectivity index (χ1n) is 7.02. The van der Waals surface area contributed by atoms with Crippen molar-refractivity contribution in [1.82, 2.24) is 10.2 Å². The standard InChI is InChI=1S/C13H21N3O4/c14-11(17)5-10(12(18)19)15-13(20)16(6-8-1-2-8)7-9-3-4-9/h8-10H,1-7H2,(H2,14,17)(H,15,20)(H,18,19)/t10-/m1/s1. The predicted molar refractivity (Wildman–Crippen MR) is 70.8 cm³/mol. The van der Waals surface area contributed by atoms with Crippen LogP contribution in [-0.4, -0.2) is 47.0 Å². The summed E-state index contributed by atoms with van der Waals surface area (Å²) in [5.74, 6) is -0.901. The van der Waals surface area contributed by atoms with Crippen LogP contribution in [0.1, 0.15) is 32.1 Å². The highest BCUT2D eigenvalue weighted by molar-refractivity contribution is 5.87. The molecule has 20 heavy (non-hydrogen) atoms. The Morgan fingerprint density at radius 1 is 1.15 bits per heavy atom. The minimum Gasteiger partial charge on any atom is -0.480 e. The first-order valence-corrected chi connectivity index (χ1v) is 7.02. The van der Waals surface area contributed by atoms with Crippen LogP contribution in [-0.2, 0) is 9.59 Å². The number of aliphatic carboxylic acids is 1. The average Bonchev–Trinajstić information content (AvgIpc) is 3.21. The molecule has 4 N–H and O–H groups in total. The van der Waals surface area contributed by atoms with E-state index < -0.39 is 23.9 Å². The van der Waals surface area contributed by atoms with Crippen molar-refractivity contribution in [3.8, 4) is 0 Å². The van der Waals surface area contributed by atoms with Crippen LogP contribution < -0.4 is 11.1 Å². The average molecular weight is 283 g/mol. The molecule has 1 atom stereocenters. The van der Waals surface area contributed by atoms with Crippen LogP contribution in [0.5, 0.6) is 0 Å². The third-order valence-electron chi connectivity index (χ3n) is 3.64. The van der Waals surface area contributed by atoms with Crippen molar-refractivity contribution in [2.45, 2.75) is 38.1 Å². The Morgan fingerprint density at radius 2 is 1.65 bits per heavy atom. The number of nitrogens with one attached hydrogen (secondary N) is 1. The second kappa shape index (κ2) is 6.11. The zero-order chi connectivity index (χ0) is 14.7. The summed E-state index contributed by atoms with van der Waals surface area (Å²) in [6.45, 7) is 1.34. The second-order valence-corrected chi connectivity index (χ2v) is 5.80. The third-order valence-corrected chi connectivity index (χ3v) is 3.64. The van der Waals surface area contributed by atoms with Gasteiger partial charge in [-0.05, 0) is 37.5 Å². The number of rotatable bonds is 8. The lowest BCUT2D eigenvalue weighted by molar-refractivity contribution is -0.140. The molecule has 0 aromatic rings. The minimum absolute atomic E-state index is 0.387. The number of hydrogen-bond donors (Lipinski definition) is 3. The van der Waals surface area contributed by atoms with Crippen LogP contribution >= 0.6 is 0 Å². The van der Waals surface area contributed by atoms with Crippen LogP contribution in [0.2, 0.25) is 0 Å². The van der Waals surface area contributed by atoms with E-state index >= 15 is 0 Å². The van der Waals surface area contributed by atoms with Gasteiger partial charge in [0.05, 0.1) is 6.42 Å². The largest absolute Gasteiger partial charge is 0.480 e. The van der Waals surface area contributed by atoms with Gasteiger partial charge < -0.3 is 21.1 Å². The summed E-state index contributed by atoms with van der Waals surface area (Å²) < 4.78 is 0. The highest BCUT2D eigenvalue weighted by Gasteiger charge is 2.33. The smallest absolute Gasteiger partial charge is 0.326 e. The fourth-order valence-electron chi connectivity index (χ4n) is 2.11. The Balaban J connectivity index is 1.89. The molecule has 7 heteroatoms. The summed E-state index contributed by atoms with van der Waals surface area (Å²) in [5.41, 5.74) is 5.00. The molecule has 7 nitrogen and oxygen atoms in total. The summed E-state index contributed by atoms with van der Waals surface area (Å²) in [5, 5.41) is 11.4. The molecule has 3 amide bonds. The zero-order valence-electron chi connectivity index (χ0n) is 11.4. The van der Waals surface area contributed by atoms with E-state index in [9.17, 15) is 14.4 Å². The molecule has 0 spiro atoms. The van der Waals surface area contributed by atoms with Gasteiger partial charge in [0, 0.05) is 13.1 Å². The van der Waals surface area contributed by atoms with Gasteiger partial charge in [-0.1, -0.05) is 0 Å². The molecule has 2 rings (SSSR count). The van der Waals surface area contributed by atoms with Gasteiger partial charge in [0.25, 0.3) is 0 Å². The van der Waals surface area contributed by atoms with E-state index in [0.29, 0.717) is 24.9 Å². The fraction of sp³-hybridized carbons (Fsp3) is 0.769. The summed E-state index contributed by atoms with van der Waals surface area (Å²) >= 11 is 0. The quantitative estimate of drug-likeness (QED) is 0.588. The summed E-state index contributed by atoms with van der Waals surface area (Å²) in [6, 6.07) is -1.65. The van der Waals surface area contributed by atoms with Crippen molar-refractivity contribution in [3.05, 3.63) is 0 Å². The van der Waals surface area contributed by atoms with Crippen LogP contribution in [0.4, 0.5) is 4.79 Å². The van der Waals surface area contributed by atoms with E-state index in [1.165, 1.54) is 0 Å². The lowest BCUT2D eigenvalue weighted by Gasteiger charge is -2.25. The normalized spacial score (nSPS) is 19.2. The number of carbonyl (C=O) groups excluding carboxylic acids is 2. The number of carbonyl (C=O) groups is 3. The highest BCUT2D eigenvalue weighted by Crippen LogP contribution is 2.33. The van der Waals surface area contributed by atoms with Crippen LogP contribution in [0.25, 0.3) is 0 Å². The molecule has 0 heterocycles. The second-order valence-electron chi connectivity index (χ2n) is 5.80. The lowest BCUT2D eigenvalue weighted by Crippen LogP contribution is -2.50. The Bertz CT molecular complexity index is 390. The Hall–Kier alpha value is -1.79. The van der Waals surface area contributed by atoms with Crippen LogP contribution in [0.15, 0.2) is 0 Å². The number of carboxylic acids is 1. The molecule has 112 valence electrons. The van der Waals surface area contributed by atoms with Crippen molar-refractivity contribution >= 4 is 17.9 Å². The highest BCUT2D eigenvalue weighted by atomic mass is 16.4. The topological polar surface area (TPSA) is 113 Å². The lowest BCUT2D eigenvalue weighted by atomic mass is 10.2. The Labute approximate surface area is 117 Å². The number of carboxylic acid groups (broad SMARTS) is 1. The molecular formula is C13H21N3O4. The van der Waals surface area contributed by atoms with Gasteiger partial charge >= 0.3 is 12.0 Å². The molecule has 0 saturated heterocycles. The third kappa shape index (κ3) is 4.71. The predicted octanol–water partition coefficient (Wildman–Crippen LogP) is 0.147. The number of hydrogen-bond acceptors (Lipinski definition) is 3. The number of amides is 3. The first kappa shape index (κ1) is 14.6. The van der Waals surface area contributed by atoms with Gasteiger partial charge in [-0.3, -0.25) is 4.79 Å².